The summed E-state index contributed by atoms with van der Waals surface area (Å²) >= 11 is 1.98. The fourth-order valence-corrected chi connectivity index (χ4v) is 2.73. The van der Waals surface area contributed by atoms with Crippen molar-refractivity contribution in [1.82, 2.24) is 5.32 Å². The van der Waals surface area contributed by atoms with Crippen molar-refractivity contribution in [2.75, 3.05) is 12.3 Å². The number of hydrogen-bond donors (Lipinski definition) is 2. The van der Waals surface area contributed by atoms with Gasteiger partial charge in [0.15, 0.2) is 0 Å². The van der Waals surface area contributed by atoms with E-state index in [9.17, 15) is 5.11 Å². The third-order valence-corrected chi connectivity index (χ3v) is 4.04. The molecule has 0 saturated heterocycles. The van der Waals surface area contributed by atoms with Crippen molar-refractivity contribution in [3.63, 3.8) is 0 Å². The lowest BCUT2D eigenvalue weighted by Gasteiger charge is -2.23. The highest BCUT2D eigenvalue weighted by molar-refractivity contribution is 8.00. The fourth-order valence-electron chi connectivity index (χ4n) is 1.80. The first-order valence-electron chi connectivity index (χ1n) is 6.56. The lowest BCUT2D eigenvalue weighted by molar-refractivity contribution is 0.473. The van der Waals surface area contributed by atoms with Gasteiger partial charge < -0.3 is 10.4 Å². The lowest BCUT2D eigenvalue weighted by Crippen LogP contribution is -2.34. The van der Waals surface area contributed by atoms with Gasteiger partial charge in [0, 0.05) is 16.5 Å². The van der Waals surface area contributed by atoms with E-state index in [1.54, 1.807) is 6.07 Å². The molecule has 0 heterocycles. The average Bonchev–Trinajstić information content (AvgIpc) is 2.25. The van der Waals surface area contributed by atoms with Crippen LogP contribution in [-0.2, 0) is 6.42 Å². The zero-order valence-electron chi connectivity index (χ0n) is 11.9. The molecular weight excluding hydrogens is 242 g/mol. The molecule has 2 nitrogen and oxygen atoms in total. The number of phenols is 1. The number of rotatable bonds is 6. The van der Waals surface area contributed by atoms with Gasteiger partial charge in [0.05, 0.1) is 0 Å². The number of thioether (sulfide) groups is 1. The van der Waals surface area contributed by atoms with Crippen molar-refractivity contribution < 1.29 is 5.11 Å². The summed E-state index contributed by atoms with van der Waals surface area (Å²) in [6.45, 7) is 9.85. The summed E-state index contributed by atoms with van der Waals surface area (Å²) in [5.41, 5.74) is 1.19. The minimum Gasteiger partial charge on any atom is -0.508 e. The standard InChI is InChI=1S/C15H25NOS/c1-5-16-13(11-18-15(2,3)4)9-12-7-6-8-14(17)10-12/h6-8,10,13,16-17H,5,9,11H2,1-4H3. The molecule has 18 heavy (non-hydrogen) atoms. The molecule has 0 radical (unpaired) electrons. The normalized spacial score (nSPS) is 13.6. The van der Waals surface area contributed by atoms with Gasteiger partial charge in [-0.1, -0.05) is 39.8 Å². The highest BCUT2D eigenvalue weighted by atomic mass is 32.2. The van der Waals surface area contributed by atoms with E-state index < -0.39 is 0 Å². The Hall–Kier alpha value is -0.670. The molecule has 1 unspecified atom stereocenters. The predicted octanol–water partition coefficient (Wildman–Crippen LogP) is 3.44. The molecule has 0 aliphatic carbocycles. The molecule has 0 bridgehead atoms. The molecule has 1 aromatic carbocycles. The van der Waals surface area contributed by atoms with E-state index in [1.807, 2.05) is 23.9 Å². The zero-order valence-corrected chi connectivity index (χ0v) is 12.7. The molecule has 2 N–H and O–H groups in total. The van der Waals surface area contributed by atoms with Crippen LogP contribution in [0.3, 0.4) is 0 Å². The summed E-state index contributed by atoms with van der Waals surface area (Å²) in [6, 6.07) is 8.01. The summed E-state index contributed by atoms with van der Waals surface area (Å²) in [7, 11) is 0. The topological polar surface area (TPSA) is 32.3 Å². The third-order valence-electron chi connectivity index (χ3n) is 2.60. The molecule has 3 heteroatoms. The predicted molar refractivity (Wildman–Crippen MR) is 81.5 cm³/mol. The minimum absolute atomic E-state index is 0.298. The number of likely N-dealkylation sites (N-methyl/N-ethyl adjacent to an activating group) is 1. The smallest absolute Gasteiger partial charge is 0.115 e. The largest absolute Gasteiger partial charge is 0.508 e. The van der Waals surface area contributed by atoms with E-state index in [-0.39, 0.29) is 0 Å². The summed E-state index contributed by atoms with van der Waals surface area (Å²) in [5, 5.41) is 13.0. The van der Waals surface area contributed by atoms with Crippen LogP contribution in [0, 0.1) is 0 Å². The maximum atomic E-state index is 9.49. The third kappa shape index (κ3) is 6.31. The summed E-state index contributed by atoms with van der Waals surface area (Å²) < 4.78 is 0.298. The van der Waals surface area contributed by atoms with Crippen LogP contribution in [-0.4, -0.2) is 28.2 Å². The molecule has 0 aliphatic rings. The molecule has 1 atom stereocenters. The minimum atomic E-state index is 0.298. The first kappa shape index (κ1) is 15.4. The Morgan fingerprint density at radius 2 is 2.06 bits per heavy atom. The lowest BCUT2D eigenvalue weighted by atomic mass is 10.1. The summed E-state index contributed by atoms with van der Waals surface area (Å²) in [6.07, 6.45) is 0.964. The van der Waals surface area contributed by atoms with Crippen molar-refractivity contribution in [3.8, 4) is 5.75 Å². The Labute approximate surface area is 115 Å². The molecule has 1 rings (SSSR count). The van der Waals surface area contributed by atoms with E-state index in [0.29, 0.717) is 16.5 Å². The van der Waals surface area contributed by atoms with Gasteiger partial charge in [-0.05, 0) is 30.7 Å². The van der Waals surface area contributed by atoms with Crippen molar-refractivity contribution in [2.24, 2.45) is 0 Å². The van der Waals surface area contributed by atoms with E-state index in [1.165, 1.54) is 5.56 Å². The van der Waals surface area contributed by atoms with Gasteiger partial charge in [0.2, 0.25) is 0 Å². The number of hydrogen-bond acceptors (Lipinski definition) is 3. The van der Waals surface area contributed by atoms with Gasteiger partial charge in [-0.3, -0.25) is 0 Å². The number of nitrogens with one attached hydrogen (secondary N) is 1. The van der Waals surface area contributed by atoms with E-state index >= 15 is 0 Å². The van der Waals surface area contributed by atoms with E-state index in [2.05, 4.69) is 39.1 Å². The Kier molecular flexibility index (Phi) is 6.03. The first-order chi connectivity index (χ1) is 8.40. The fraction of sp³-hybridized carbons (Fsp3) is 0.600. The molecular formula is C15H25NOS. The van der Waals surface area contributed by atoms with Gasteiger partial charge in [-0.25, -0.2) is 0 Å². The number of phenolic OH excluding ortho intramolecular Hbond substituents is 1. The Morgan fingerprint density at radius 3 is 2.61 bits per heavy atom. The second-order valence-corrected chi connectivity index (χ2v) is 7.40. The van der Waals surface area contributed by atoms with Crippen LogP contribution in [0.1, 0.15) is 33.3 Å². The molecule has 0 spiro atoms. The van der Waals surface area contributed by atoms with Crippen LogP contribution in [0.5, 0.6) is 5.75 Å². The molecule has 102 valence electrons. The van der Waals surface area contributed by atoms with Crippen LogP contribution in [0.4, 0.5) is 0 Å². The van der Waals surface area contributed by atoms with Gasteiger partial charge in [0.25, 0.3) is 0 Å². The van der Waals surface area contributed by atoms with Crippen molar-refractivity contribution in [2.45, 2.75) is 44.9 Å². The summed E-state index contributed by atoms with van der Waals surface area (Å²) in [5.74, 6) is 1.44. The van der Waals surface area contributed by atoms with Gasteiger partial charge in [-0.15, -0.1) is 0 Å². The maximum Gasteiger partial charge on any atom is 0.115 e. The quantitative estimate of drug-likeness (QED) is 0.828. The molecule has 1 aromatic rings. The van der Waals surface area contributed by atoms with Crippen LogP contribution in [0.2, 0.25) is 0 Å². The van der Waals surface area contributed by atoms with E-state index in [4.69, 9.17) is 0 Å². The van der Waals surface area contributed by atoms with Crippen LogP contribution < -0.4 is 5.32 Å². The van der Waals surface area contributed by atoms with E-state index in [0.717, 1.165) is 18.7 Å². The van der Waals surface area contributed by atoms with Crippen molar-refractivity contribution >= 4 is 11.8 Å². The van der Waals surface area contributed by atoms with Crippen molar-refractivity contribution in [3.05, 3.63) is 29.8 Å². The number of benzene rings is 1. The van der Waals surface area contributed by atoms with Crippen LogP contribution >= 0.6 is 11.8 Å². The second-order valence-electron chi connectivity index (χ2n) is 5.55. The highest BCUT2D eigenvalue weighted by Crippen LogP contribution is 2.24. The SMILES string of the molecule is CCNC(CSC(C)(C)C)Cc1cccc(O)c1. The first-order valence-corrected chi connectivity index (χ1v) is 7.54. The zero-order chi connectivity index (χ0) is 13.6. The molecule has 0 aliphatic heterocycles. The molecule has 0 amide bonds. The molecule has 0 fully saturated rings. The van der Waals surface area contributed by atoms with Gasteiger partial charge >= 0.3 is 0 Å². The van der Waals surface area contributed by atoms with Gasteiger partial charge in [-0.2, -0.15) is 11.8 Å². The van der Waals surface area contributed by atoms with Gasteiger partial charge in [0.1, 0.15) is 5.75 Å². The number of aromatic hydroxyl groups is 1. The Morgan fingerprint density at radius 1 is 1.33 bits per heavy atom. The monoisotopic (exact) mass is 267 g/mol. The van der Waals surface area contributed by atoms with Crippen molar-refractivity contribution in [1.29, 1.82) is 0 Å². The Bertz CT molecular complexity index is 360. The maximum absolute atomic E-state index is 9.49. The second kappa shape index (κ2) is 7.05. The highest BCUT2D eigenvalue weighted by Gasteiger charge is 2.15. The summed E-state index contributed by atoms with van der Waals surface area (Å²) in [4.78, 5) is 0. The van der Waals surface area contributed by atoms with Crippen LogP contribution in [0.15, 0.2) is 24.3 Å². The van der Waals surface area contributed by atoms with Crippen LogP contribution in [0.25, 0.3) is 0 Å². The molecule has 0 saturated carbocycles. The molecule has 0 aromatic heterocycles. The average molecular weight is 267 g/mol. The Balaban J connectivity index is 2.57.